The molecular weight excluding hydrogens is 415 g/mol. The van der Waals surface area contributed by atoms with Gasteiger partial charge in [0.1, 0.15) is 0 Å². The lowest BCUT2D eigenvalue weighted by Crippen LogP contribution is -2.46. The summed E-state index contributed by atoms with van der Waals surface area (Å²) in [5.74, 6) is 1.14. The Labute approximate surface area is 169 Å². The Bertz CT molecular complexity index is 708. The van der Waals surface area contributed by atoms with Crippen molar-refractivity contribution in [3.8, 4) is 0 Å². The Morgan fingerprint density at radius 2 is 2.04 bits per heavy atom. The molecule has 9 heteroatoms. The molecule has 1 aliphatic heterocycles. The number of carbonyl (C=O) groups is 1. The second-order valence-electron chi connectivity index (χ2n) is 6.14. The molecule has 26 heavy (non-hydrogen) atoms. The molecule has 2 rings (SSSR count). The number of thioether (sulfide) groups is 1. The minimum absolute atomic E-state index is 0.0719. The number of amides is 1. The predicted molar refractivity (Wildman–Crippen MR) is 109 cm³/mol. The molecule has 146 valence electrons. The average Bonchev–Trinajstić information content (AvgIpc) is 2.63. The van der Waals surface area contributed by atoms with Gasteiger partial charge in [0.25, 0.3) is 0 Å². The summed E-state index contributed by atoms with van der Waals surface area (Å²) in [6.45, 7) is 2.95. The molecule has 0 unspecified atom stereocenters. The van der Waals surface area contributed by atoms with Gasteiger partial charge in [0.2, 0.25) is 15.9 Å². The van der Waals surface area contributed by atoms with Crippen LogP contribution in [0.25, 0.3) is 0 Å². The van der Waals surface area contributed by atoms with Gasteiger partial charge in [-0.2, -0.15) is 11.8 Å². The van der Waals surface area contributed by atoms with Crippen molar-refractivity contribution in [1.29, 1.82) is 0 Å². The van der Waals surface area contributed by atoms with E-state index in [1.54, 1.807) is 18.7 Å². The summed E-state index contributed by atoms with van der Waals surface area (Å²) in [6.07, 6.45) is 1.45. The Morgan fingerprint density at radius 1 is 1.35 bits per heavy atom. The maximum Gasteiger partial charge on any atom is 0.224 e. The molecule has 1 aliphatic rings. The third-order valence-corrected chi connectivity index (χ3v) is 7.91. The van der Waals surface area contributed by atoms with E-state index in [1.807, 2.05) is 18.2 Å². The number of benzene rings is 1. The van der Waals surface area contributed by atoms with Crippen LogP contribution in [0.15, 0.2) is 18.2 Å². The molecule has 1 heterocycles. The minimum atomic E-state index is -3.23. The first-order valence-corrected chi connectivity index (χ1v) is 12.1. The Hall–Kier alpha value is -0.470. The molecular formula is C17H24Cl2N2O3S2. The van der Waals surface area contributed by atoms with E-state index in [0.29, 0.717) is 28.9 Å². The van der Waals surface area contributed by atoms with E-state index in [-0.39, 0.29) is 24.1 Å². The summed E-state index contributed by atoms with van der Waals surface area (Å²) in [7, 11) is -3.23. The van der Waals surface area contributed by atoms with E-state index in [0.717, 1.165) is 24.2 Å². The van der Waals surface area contributed by atoms with Crippen LogP contribution in [0.3, 0.4) is 0 Å². The second-order valence-corrected chi connectivity index (χ2v) is 10.3. The third-order valence-electron chi connectivity index (χ3n) is 4.37. The van der Waals surface area contributed by atoms with E-state index < -0.39 is 10.0 Å². The largest absolute Gasteiger partial charge is 0.355 e. The Kier molecular flexibility index (Phi) is 8.54. The highest BCUT2D eigenvalue weighted by Crippen LogP contribution is 2.28. The van der Waals surface area contributed by atoms with Crippen LogP contribution >= 0.6 is 35.0 Å². The predicted octanol–water partition coefficient (Wildman–Crippen LogP) is 3.40. The van der Waals surface area contributed by atoms with Crippen LogP contribution in [0.1, 0.15) is 25.3 Å². The first-order valence-electron chi connectivity index (χ1n) is 8.61. The number of nitrogens with one attached hydrogen (secondary N) is 1. The molecule has 0 spiro atoms. The highest BCUT2D eigenvalue weighted by atomic mass is 35.5. The monoisotopic (exact) mass is 438 g/mol. The molecule has 0 radical (unpaired) electrons. The van der Waals surface area contributed by atoms with Crippen LogP contribution in [0.2, 0.25) is 10.0 Å². The number of piperidine rings is 1. The van der Waals surface area contributed by atoms with Crippen LogP contribution in [0.4, 0.5) is 0 Å². The number of carbonyl (C=O) groups excluding carboxylic acids is 1. The van der Waals surface area contributed by atoms with Crippen LogP contribution in [0, 0.1) is 5.92 Å². The number of rotatable bonds is 8. The molecule has 1 saturated heterocycles. The molecule has 0 aliphatic carbocycles. The third kappa shape index (κ3) is 6.02. The fraction of sp³-hybridized carbons (Fsp3) is 0.588. The van der Waals surface area contributed by atoms with Crippen LogP contribution < -0.4 is 5.32 Å². The number of hydrogen-bond donors (Lipinski definition) is 1. The molecule has 5 nitrogen and oxygen atoms in total. The normalized spacial score (nSPS) is 18.7. The average molecular weight is 439 g/mol. The van der Waals surface area contributed by atoms with Crippen LogP contribution in [-0.2, 0) is 20.6 Å². The van der Waals surface area contributed by atoms with Crippen LogP contribution in [-0.4, -0.2) is 49.8 Å². The van der Waals surface area contributed by atoms with Gasteiger partial charge in [-0.15, -0.1) is 0 Å². The van der Waals surface area contributed by atoms with Crippen LogP contribution in [0.5, 0.6) is 0 Å². The van der Waals surface area contributed by atoms with Gasteiger partial charge >= 0.3 is 0 Å². The number of sulfonamides is 1. The maximum atomic E-state index is 12.3. The van der Waals surface area contributed by atoms with Gasteiger partial charge in [0.15, 0.2) is 0 Å². The van der Waals surface area contributed by atoms with E-state index in [4.69, 9.17) is 23.2 Å². The lowest BCUT2D eigenvalue weighted by Gasteiger charge is -2.30. The van der Waals surface area contributed by atoms with E-state index >= 15 is 0 Å². The van der Waals surface area contributed by atoms with Crippen molar-refractivity contribution in [1.82, 2.24) is 9.62 Å². The van der Waals surface area contributed by atoms with Crippen molar-refractivity contribution in [3.05, 3.63) is 33.8 Å². The molecule has 1 fully saturated rings. The fourth-order valence-corrected chi connectivity index (χ4v) is 5.60. The molecule has 0 saturated carbocycles. The molecule has 1 aromatic rings. The fourth-order valence-electron chi connectivity index (χ4n) is 2.83. The smallest absolute Gasteiger partial charge is 0.224 e. The highest BCUT2D eigenvalue weighted by Gasteiger charge is 2.31. The van der Waals surface area contributed by atoms with E-state index in [1.165, 1.54) is 4.31 Å². The topological polar surface area (TPSA) is 66.5 Å². The molecule has 1 aromatic carbocycles. The quantitative estimate of drug-likeness (QED) is 0.631. The Morgan fingerprint density at radius 3 is 2.69 bits per heavy atom. The van der Waals surface area contributed by atoms with Gasteiger partial charge in [0.05, 0.1) is 11.7 Å². The summed E-state index contributed by atoms with van der Waals surface area (Å²) in [4.78, 5) is 12.3. The zero-order valence-electron chi connectivity index (χ0n) is 14.7. The van der Waals surface area contributed by atoms with Gasteiger partial charge in [-0.3, -0.25) is 4.79 Å². The molecule has 0 bridgehead atoms. The van der Waals surface area contributed by atoms with Gasteiger partial charge in [-0.1, -0.05) is 29.3 Å². The lowest BCUT2D eigenvalue weighted by atomic mass is 9.99. The minimum Gasteiger partial charge on any atom is -0.355 e. The van der Waals surface area contributed by atoms with Gasteiger partial charge < -0.3 is 5.32 Å². The lowest BCUT2D eigenvalue weighted by molar-refractivity contribution is -0.125. The summed E-state index contributed by atoms with van der Waals surface area (Å²) in [5.41, 5.74) is 0.903. The SMILES string of the molecule is CCS(=O)(=O)N1CCC[C@@H](C(=O)NCCSCc2c(Cl)cccc2Cl)C1. The van der Waals surface area contributed by atoms with Crippen molar-refractivity contribution < 1.29 is 13.2 Å². The summed E-state index contributed by atoms with van der Waals surface area (Å²) >= 11 is 13.9. The van der Waals surface area contributed by atoms with Crippen molar-refractivity contribution in [2.45, 2.75) is 25.5 Å². The standard InChI is InChI=1S/C17H24Cl2N2O3S2/c1-2-26(23,24)21-9-4-5-13(11-21)17(22)20-8-10-25-12-14-15(18)6-3-7-16(14)19/h3,6-7,13H,2,4-5,8-12H2,1H3,(H,20,22)/t13-/m1/s1. The Balaban J connectivity index is 1.73. The van der Waals surface area contributed by atoms with Gasteiger partial charge in [-0.05, 0) is 37.5 Å². The maximum absolute atomic E-state index is 12.3. The zero-order valence-corrected chi connectivity index (χ0v) is 17.9. The molecule has 0 aromatic heterocycles. The summed E-state index contributed by atoms with van der Waals surface area (Å²) in [5, 5.41) is 4.20. The number of hydrogen-bond acceptors (Lipinski definition) is 4. The second kappa shape index (κ2) is 10.2. The van der Waals surface area contributed by atoms with Crippen molar-refractivity contribution in [2.75, 3.05) is 31.1 Å². The highest BCUT2D eigenvalue weighted by molar-refractivity contribution is 7.98. The van der Waals surface area contributed by atoms with Crippen molar-refractivity contribution >= 4 is 50.9 Å². The first-order chi connectivity index (χ1) is 12.3. The molecule has 1 amide bonds. The van der Waals surface area contributed by atoms with Gasteiger partial charge in [0, 0.05) is 41.2 Å². The molecule has 1 N–H and O–H groups in total. The van der Waals surface area contributed by atoms with E-state index in [2.05, 4.69) is 5.32 Å². The number of nitrogens with zero attached hydrogens (tertiary/aromatic N) is 1. The zero-order chi connectivity index (χ0) is 19.2. The number of halogens is 2. The summed E-state index contributed by atoms with van der Waals surface area (Å²) < 4.78 is 25.4. The first kappa shape index (κ1) is 21.8. The van der Waals surface area contributed by atoms with Crippen molar-refractivity contribution in [3.63, 3.8) is 0 Å². The van der Waals surface area contributed by atoms with E-state index in [9.17, 15) is 13.2 Å². The summed E-state index contributed by atoms with van der Waals surface area (Å²) in [6, 6.07) is 5.43. The van der Waals surface area contributed by atoms with Crippen molar-refractivity contribution in [2.24, 2.45) is 5.92 Å². The van der Waals surface area contributed by atoms with Gasteiger partial charge in [-0.25, -0.2) is 12.7 Å². The molecule has 1 atom stereocenters.